The van der Waals surface area contributed by atoms with Crippen molar-refractivity contribution in [3.63, 3.8) is 0 Å². The van der Waals surface area contributed by atoms with Gasteiger partial charge in [0.1, 0.15) is 5.60 Å². The minimum atomic E-state index is -1.13. The summed E-state index contributed by atoms with van der Waals surface area (Å²) >= 11 is 5.94. The van der Waals surface area contributed by atoms with Crippen LogP contribution in [0.15, 0.2) is 41.1 Å². The van der Waals surface area contributed by atoms with Gasteiger partial charge in [0.05, 0.1) is 6.20 Å². The van der Waals surface area contributed by atoms with Crippen molar-refractivity contribution in [3.05, 3.63) is 52.9 Å². The van der Waals surface area contributed by atoms with Crippen LogP contribution in [0.4, 0.5) is 0 Å². The Hall–Kier alpha value is -2.29. The second kappa shape index (κ2) is 7.08. The minimum Gasteiger partial charge on any atom is -0.378 e. The molecule has 124 valence electrons. The van der Waals surface area contributed by atoms with E-state index in [2.05, 4.69) is 22.3 Å². The molecule has 3 rings (SSSR count). The van der Waals surface area contributed by atoms with E-state index in [1.54, 1.807) is 12.1 Å². The molecule has 0 radical (unpaired) electrons. The average Bonchev–Trinajstić information content (AvgIpc) is 3.08. The van der Waals surface area contributed by atoms with Crippen LogP contribution in [0.1, 0.15) is 41.8 Å². The first-order valence-corrected chi connectivity index (χ1v) is 8.15. The molecule has 1 fully saturated rings. The zero-order chi connectivity index (χ0) is 17.0. The third-order valence-electron chi connectivity index (χ3n) is 3.99. The van der Waals surface area contributed by atoms with Gasteiger partial charge in [0.25, 0.3) is 5.91 Å². The Labute approximate surface area is 145 Å². The molecule has 1 heterocycles. The first-order valence-electron chi connectivity index (χ1n) is 7.77. The third kappa shape index (κ3) is 4.16. The van der Waals surface area contributed by atoms with Crippen molar-refractivity contribution in [1.82, 2.24) is 10.5 Å². The molecule has 2 aromatic rings. The highest BCUT2D eigenvalue weighted by atomic mass is 35.5. The van der Waals surface area contributed by atoms with E-state index in [1.165, 1.54) is 12.3 Å². The maximum absolute atomic E-state index is 12.0. The Kier molecular flexibility index (Phi) is 4.89. The van der Waals surface area contributed by atoms with E-state index >= 15 is 0 Å². The van der Waals surface area contributed by atoms with E-state index < -0.39 is 5.60 Å². The Balaban J connectivity index is 1.67. The van der Waals surface area contributed by atoms with Gasteiger partial charge in [0, 0.05) is 29.1 Å². The molecule has 5 nitrogen and oxygen atoms in total. The molecule has 0 saturated heterocycles. The Morgan fingerprint density at radius 3 is 3.08 bits per heavy atom. The molecular formula is C18H17ClN2O3. The Bertz CT molecular complexity index is 779. The first-order chi connectivity index (χ1) is 11.5. The molecule has 0 spiro atoms. The van der Waals surface area contributed by atoms with Crippen molar-refractivity contribution in [2.24, 2.45) is 0 Å². The molecule has 1 aliphatic rings. The molecule has 1 aromatic heterocycles. The molecule has 1 amide bonds. The quantitative estimate of drug-likeness (QED) is 0.821. The molecule has 1 unspecified atom stereocenters. The number of carbonyl (C=O) groups is 1. The lowest BCUT2D eigenvalue weighted by molar-refractivity contribution is 0.0446. The smallest absolute Gasteiger partial charge is 0.290 e. The summed E-state index contributed by atoms with van der Waals surface area (Å²) in [6.45, 7) is 0. The molecule has 1 saturated carbocycles. The number of halogens is 1. The SMILES string of the molecule is O=C(N[C@@H]1CCCC(O)(C#Cc2cccc(Cl)c2)C1)c1ccno1. The number of nitrogens with zero attached hydrogens (tertiary/aromatic N) is 1. The van der Waals surface area contributed by atoms with Crippen LogP contribution in [0.3, 0.4) is 0 Å². The molecular weight excluding hydrogens is 328 g/mol. The maximum Gasteiger partial charge on any atom is 0.290 e. The fraction of sp³-hybridized carbons (Fsp3) is 0.333. The second-order valence-electron chi connectivity index (χ2n) is 5.94. The van der Waals surface area contributed by atoms with Crippen LogP contribution in [-0.2, 0) is 0 Å². The van der Waals surface area contributed by atoms with Crippen LogP contribution in [0.2, 0.25) is 5.02 Å². The van der Waals surface area contributed by atoms with E-state index in [0.29, 0.717) is 17.9 Å². The van der Waals surface area contributed by atoms with Gasteiger partial charge in [-0.15, -0.1) is 0 Å². The van der Waals surface area contributed by atoms with Gasteiger partial charge in [0.15, 0.2) is 0 Å². The van der Waals surface area contributed by atoms with Gasteiger partial charge in [-0.3, -0.25) is 4.79 Å². The summed E-state index contributed by atoms with van der Waals surface area (Å²) in [6, 6.07) is 8.53. The van der Waals surface area contributed by atoms with Crippen LogP contribution < -0.4 is 5.32 Å². The average molecular weight is 345 g/mol. The summed E-state index contributed by atoms with van der Waals surface area (Å²) in [6.07, 6.45) is 3.95. The summed E-state index contributed by atoms with van der Waals surface area (Å²) in [4.78, 5) is 12.0. The van der Waals surface area contributed by atoms with Crippen molar-refractivity contribution < 1.29 is 14.4 Å². The number of aliphatic hydroxyl groups is 1. The van der Waals surface area contributed by atoms with Gasteiger partial charge >= 0.3 is 0 Å². The van der Waals surface area contributed by atoms with Gasteiger partial charge in [-0.1, -0.05) is 34.7 Å². The molecule has 0 aliphatic heterocycles. The van der Waals surface area contributed by atoms with Gasteiger partial charge in [-0.05, 0) is 37.5 Å². The summed E-state index contributed by atoms with van der Waals surface area (Å²) in [5.74, 6) is 5.74. The van der Waals surface area contributed by atoms with E-state index in [-0.39, 0.29) is 17.7 Å². The Morgan fingerprint density at radius 2 is 2.33 bits per heavy atom. The highest BCUT2D eigenvalue weighted by Gasteiger charge is 2.34. The standard InChI is InChI=1S/C18H17ClN2O3/c19-14-4-1-3-13(11-14)6-9-18(23)8-2-5-15(12-18)21-17(22)16-7-10-20-24-16/h1,3-4,7,10-11,15,23H,2,5,8,12H2,(H,21,22)/t15-,18?/m1/s1. The fourth-order valence-electron chi connectivity index (χ4n) is 2.83. The van der Waals surface area contributed by atoms with E-state index in [9.17, 15) is 9.90 Å². The predicted molar refractivity (Wildman–Crippen MR) is 89.5 cm³/mol. The van der Waals surface area contributed by atoms with Crippen molar-refractivity contribution in [2.75, 3.05) is 0 Å². The number of carbonyl (C=O) groups excluding carboxylic acids is 1. The maximum atomic E-state index is 12.0. The number of aromatic nitrogens is 1. The largest absolute Gasteiger partial charge is 0.378 e. The zero-order valence-corrected chi connectivity index (χ0v) is 13.7. The van der Waals surface area contributed by atoms with Gasteiger partial charge in [0.2, 0.25) is 5.76 Å². The van der Waals surface area contributed by atoms with Gasteiger partial charge in [-0.25, -0.2) is 0 Å². The van der Waals surface area contributed by atoms with Crippen molar-refractivity contribution in [1.29, 1.82) is 0 Å². The number of hydrogen-bond acceptors (Lipinski definition) is 4. The molecule has 1 aromatic carbocycles. The lowest BCUT2D eigenvalue weighted by Gasteiger charge is -2.33. The summed E-state index contributed by atoms with van der Waals surface area (Å²) in [5.41, 5.74) is -0.372. The first kappa shape index (κ1) is 16.6. The number of rotatable bonds is 2. The van der Waals surface area contributed by atoms with E-state index in [4.69, 9.17) is 16.1 Å². The predicted octanol–water partition coefficient (Wildman–Crippen LogP) is 2.78. The van der Waals surface area contributed by atoms with Crippen LogP contribution in [0, 0.1) is 11.8 Å². The minimum absolute atomic E-state index is 0.157. The van der Waals surface area contributed by atoms with E-state index in [1.807, 2.05) is 12.1 Å². The number of amides is 1. The van der Waals surface area contributed by atoms with Crippen molar-refractivity contribution >= 4 is 17.5 Å². The highest BCUT2D eigenvalue weighted by molar-refractivity contribution is 6.30. The zero-order valence-electron chi connectivity index (χ0n) is 13.0. The lowest BCUT2D eigenvalue weighted by Crippen LogP contribution is -2.45. The highest BCUT2D eigenvalue weighted by Crippen LogP contribution is 2.28. The molecule has 6 heteroatoms. The van der Waals surface area contributed by atoms with Crippen LogP contribution in [0.5, 0.6) is 0 Å². The molecule has 1 aliphatic carbocycles. The monoisotopic (exact) mass is 344 g/mol. The van der Waals surface area contributed by atoms with E-state index in [0.717, 1.165) is 18.4 Å². The van der Waals surface area contributed by atoms with Crippen LogP contribution in [0.25, 0.3) is 0 Å². The summed E-state index contributed by atoms with van der Waals surface area (Å²) < 4.78 is 4.84. The number of nitrogens with one attached hydrogen (secondary N) is 1. The third-order valence-corrected chi connectivity index (χ3v) is 4.22. The molecule has 0 bridgehead atoms. The molecule has 2 atom stereocenters. The topological polar surface area (TPSA) is 75.4 Å². The number of hydrogen-bond donors (Lipinski definition) is 2. The number of benzene rings is 1. The molecule has 2 N–H and O–H groups in total. The lowest BCUT2D eigenvalue weighted by atomic mass is 9.82. The van der Waals surface area contributed by atoms with Gasteiger partial charge < -0.3 is 14.9 Å². The van der Waals surface area contributed by atoms with Gasteiger partial charge in [-0.2, -0.15) is 0 Å². The summed E-state index contributed by atoms with van der Waals surface area (Å²) in [5, 5.41) is 17.7. The second-order valence-corrected chi connectivity index (χ2v) is 6.37. The van der Waals surface area contributed by atoms with Crippen molar-refractivity contribution in [2.45, 2.75) is 37.3 Å². The fourth-order valence-corrected chi connectivity index (χ4v) is 3.02. The Morgan fingerprint density at radius 1 is 1.46 bits per heavy atom. The van der Waals surface area contributed by atoms with Crippen molar-refractivity contribution in [3.8, 4) is 11.8 Å². The summed E-state index contributed by atoms with van der Waals surface area (Å²) in [7, 11) is 0. The van der Waals surface area contributed by atoms with Crippen LogP contribution >= 0.6 is 11.6 Å². The van der Waals surface area contributed by atoms with Crippen LogP contribution in [-0.4, -0.2) is 27.8 Å². The normalized spacial score (nSPS) is 23.2. The molecule has 24 heavy (non-hydrogen) atoms.